The maximum Gasteiger partial charge on any atom is 0.220 e. The molecule has 0 aromatic rings. The summed E-state index contributed by atoms with van der Waals surface area (Å²) >= 11 is 0. The molecule has 0 radical (unpaired) electrons. The van der Waals surface area contributed by atoms with Crippen LogP contribution in [0.1, 0.15) is 290 Å². The lowest BCUT2D eigenvalue weighted by atomic mass is 10.0. The molecular formula is C55H105NO3. The van der Waals surface area contributed by atoms with Crippen molar-refractivity contribution in [3.8, 4) is 0 Å². The molecule has 1 amide bonds. The van der Waals surface area contributed by atoms with Gasteiger partial charge in [0.15, 0.2) is 0 Å². The molecule has 0 bridgehead atoms. The minimum Gasteiger partial charge on any atom is -0.394 e. The summed E-state index contributed by atoms with van der Waals surface area (Å²) in [5.41, 5.74) is 0. The van der Waals surface area contributed by atoms with E-state index in [0.717, 1.165) is 32.1 Å². The molecule has 4 heteroatoms. The summed E-state index contributed by atoms with van der Waals surface area (Å²) in [6.07, 6.45) is 68.7. The second-order valence-electron chi connectivity index (χ2n) is 18.3. The molecular weight excluding hydrogens is 723 g/mol. The predicted octanol–water partition coefficient (Wildman–Crippen LogP) is 17.3. The van der Waals surface area contributed by atoms with Crippen LogP contribution in [0.25, 0.3) is 0 Å². The second kappa shape index (κ2) is 51.0. The summed E-state index contributed by atoms with van der Waals surface area (Å²) in [6.45, 7) is 4.32. The second-order valence-corrected chi connectivity index (χ2v) is 18.3. The maximum atomic E-state index is 12.4. The zero-order valence-electron chi connectivity index (χ0n) is 40.0. The van der Waals surface area contributed by atoms with E-state index in [4.69, 9.17) is 0 Å². The molecule has 0 spiro atoms. The number of hydrogen-bond donors (Lipinski definition) is 3. The number of carbonyl (C=O) groups excluding carboxylic acids is 1. The van der Waals surface area contributed by atoms with E-state index in [-0.39, 0.29) is 12.5 Å². The highest BCUT2D eigenvalue weighted by atomic mass is 16.3. The van der Waals surface area contributed by atoms with Crippen molar-refractivity contribution in [3.05, 3.63) is 36.5 Å². The van der Waals surface area contributed by atoms with E-state index in [1.54, 1.807) is 6.08 Å². The third-order valence-corrected chi connectivity index (χ3v) is 12.3. The summed E-state index contributed by atoms with van der Waals surface area (Å²) in [7, 11) is 0. The van der Waals surface area contributed by atoms with Crippen LogP contribution in [0.15, 0.2) is 36.5 Å². The van der Waals surface area contributed by atoms with Gasteiger partial charge in [0.05, 0.1) is 18.8 Å². The van der Waals surface area contributed by atoms with Gasteiger partial charge in [0.2, 0.25) is 5.91 Å². The molecule has 0 aliphatic carbocycles. The van der Waals surface area contributed by atoms with Crippen molar-refractivity contribution >= 4 is 5.91 Å². The van der Waals surface area contributed by atoms with Crippen LogP contribution in [-0.2, 0) is 4.79 Å². The number of hydrogen-bond acceptors (Lipinski definition) is 3. The molecule has 0 aliphatic rings. The molecule has 0 fully saturated rings. The summed E-state index contributed by atoms with van der Waals surface area (Å²) in [4.78, 5) is 12.4. The Hall–Kier alpha value is -1.39. The number of nitrogens with one attached hydrogen (secondary N) is 1. The fourth-order valence-electron chi connectivity index (χ4n) is 8.25. The molecule has 348 valence electrons. The fraction of sp³-hybridized carbons (Fsp3) is 0.873. The molecule has 0 heterocycles. The van der Waals surface area contributed by atoms with Crippen molar-refractivity contribution in [2.24, 2.45) is 0 Å². The van der Waals surface area contributed by atoms with Crippen molar-refractivity contribution in [1.82, 2.24) is 5.32 Å². The molecule has 2 atom stereocenters. The van der Waals surface area contributed by atoms with Crippen LogP contribution in [0.5, 0.6) is 0 Å². The highest BCUT2D eigenvalue weighted by Crippen LogP contribution is 2.16. The zero-order valence-corrected chi connectivity index (χ0v) is 40.0. The molecule has 59 heavy (non-hydrogen) atoms. The zero-order chi connectivity index (χ0) is 42.8. The quantitative estimate of drug-likeness (QED) is 0.0423. The monoisotopic (exact) mass is 828 g/mol. The summed E-state index contributed by atoms with van der Waals surface area (Å²) in [6, 6.07) is -0.637. The lowest BCUT2D eigenvalue weighted by Gasteiger charge is -2.19. The first-order valence-electron chi connectivity index (χ1n) is 26.7. The topological polar surface area (TPSA) is 69.6 Å². The number of rotatable bonds is 49. The Labute approximate surface area is 370 Å². The van der Waals surface area contributed by atoms with Crippen LogP contribution < -0.4 is 5.32 Å². The van der Waals surface area contributed by atoms with Gasteiger partial charge in [-0.1, -0.05) is 262 Å². The molecule has 0 rings (SSSR count). The van der Waals surface area contributed by atoms with E-state index in [2.05, 4.69) is 43.5 Å². The van der Waals surface area contributed by atoms with E-state index in [0.29, 0.717) is 6.42 Å². The first kappa shape index (κ1) is 57.6. The SMILES string of the molecule is CCCCCCCCCCCC/C=C/CC/C=C/C(O)C(CO)NC(=O)CCCCCCCCCCCCCCCCC/C=C\CCCCCCCCCCCCCC. The van der Waals surface area contributed by atoms with Crippen LogP contribution in [-0.4, -0.2) is 34.9 Å². The minimum absolute atomic E-state index is 0.0704. The normalized spacial score (nSPS) is 13.1. The van der Waals surface area contributed by atoms with Crippen LogP contribution >= 0.6 is 0 Å². The number of unbranched alkanes of at least 4 members (excludes halogenated alkanes) is 38. The lowest BCUT2D eigenvalue weighted by molar-refractivity contribution is -0.123. The molecule has 3 N–H and O–H groups in total. The number of carbonyl (C=O) groups is 1. The molecule has 0 aromatic heterocycles. The van der Waals surface area contributed by atoms with Crippen LogP contribution in [0.3, 0.4) is 0 Å². The Morgan fingerprint density at radius 1 is 0.390 bits per heavy atom. The van der Waals surface area contributed by atoms with E-state index in [1.165, 1.54) is 238 Å². The van der Waals surface area contributed by atoms with E-state index in [9.17, 15) is 15.0 Å². The third-order valence-electron chi connectivity index (χ3n) is 12.3. The Kier molecular flexibility index (Phi) is 49.8. The Morgan fingerprint density at radius 2 is 0.661 bits per heavy atom. The molecule has 0 saturated carbocycles. The number of aliphatic hydroxyl groups is 2. The van der Waals surface area contributed by atoms with Crippen molar-refractivity contribution in [2.75, 3.05) is 6.61 Å². The highest BCUT2D eigenvalue weighted by Gasteiger charge is 2.17. The predicted molar refractivity (Wildman–Crippen MR) is 262 cm³/mol. The number of aliphatic hydroxyl groups excluding tert-OH is 2. The maximum absolute atomic E-state index is 12.4. The van der Waals surface area contributed by atoms with Crippen LogP contribution in [0.2, 0.25) is 0 Å². The molecule has 0 aromatic carbocycles. The van der Waals surface area contributed by atoms with Gasteiger partial charge in [-0.25, -0.2) is 0 Å². The van der Waals surface area contributed by atoms with Crippen molar-refractivity contribution in [1.29, 1.82) is 0 Å². The van der Waals surface area contributed by atoms with Crippen molar-refractivity contribution in [3.63, 3.8) is 0 Å². The van der Waals surface area contributed by atoms with Gasteiger partial charge in [0, 0.05) is 6.42 Å². The average molecular weight is 828 g/mol. The minimum atomic E-state index is -0.860. The highest BCUT2D eigenvalue weighted by molar-refractivity contribution is 5.76. The smallest absolute Gasteiger partial charge is 0.220 e. The standard InChI is InChI=1S/C55H105NO3/c1-3-5-7-9-11-13-15-17-19-21-22-23-24-25-26-27-28-29-30-31-32-33-34-35-37-39-41-43-45-47-49-51-55(59)56-53(52-57)54(58)50-48-46-44-42-40-38-36-20-18-16-14-12-10-8-6-4-2/h25-26,40,42,48,50,53-54,57-58H,3-24,27-39,41,43-47,49,51-52H2,1-2H3,(H,56,59)/b26-25-,42-40+,50-48+. The van der Waals surface area contributed by atoms with Crippen LogP contribution in [0.4, 0.5) is 0 Å². The van der Waals surface area contributed by atoms with E-state index in [1.807, 2.05) is 6.08 Å². The first-order chi connectivity index (χ1) is 29.2. The Balaban J connectivity index is 3.47. The lowest BCUT2D eigenvalue weighted by Crippen LogP contribution is -2.45. The van der Waals surface area contributed by atoms with E-state index < -0.39 is 12.1 Å². The fourth-order valence-corrected chi connectivity index (χ4v) is 8.25. The van der Waals surface area contributed by atoms with Gasteiger partial charge in [-0.3, -0.25) is 4.79 Å². The molecule has 0 aliphatic heterocycles. The summed E-state index contributed by atoms with van der Waals surface area (Å²) < 4.78 is 0. The van der Waals surface area contributed by atoms with Gasteiger partial charge in [-0.15, -0.1) is 0 Å². The van der Waals surface area contributed by atoms with Gasteiger partial charge >= 0.3 is 0 Å². The van der Waals surface area contributed by atoms with Gasteiger partial charge in [0.1, 0.15) is 0 Å². The van der Waals surface area contributed by atoms with Gasteiger partial charge < -0.3 is 15.5 Å². The largest absolute Gasteiger partial charge is 0.394 e. The molecule has 0 saturated heterocycles. The average Bonchev–Trinajstić information content (AvgIpc) is 3.24. The summed E-state index contributed by atoms with van der Waals surface area (Å²) in [5.74, 6) is -0.0704. The van der Waals surface area contributed by atoms with Crippen LogP contribution in [0, 0.1) is 0 Å². The number of allylic oxidation sites excluding steroid dienone is 5. The van der Waals surface area contributed by atoms with Crippen molar-refractivity contribution < 1.29 is 15.0 Å². The van der Waals surface area contributed by atoms with Gasteiger partial charge in [-0.05, 0) is 57.8 Å². The summed E-state index contributed by atoms with van der Waals surface area (Å²) in [5, 5.41) is 23.1. The van der Waals surface area contributed by atoms with Gasteiger partial charge in [0.25, 0.3) is 0 Å². The van der Waals surface area contributed by atoms with Gasteiger partial charge in [-0.2, -0.15) is 0 Å². The number of amides is 1. The first-order valence-corrected chi connectivity index (χ1v) is 26.7. The molecule has 2 unspecified atom stereocenters. The molecule has 4 nitrogen and oxygen atoms in total. The third kappa shape index (κ3) is 47.5. The van der Waals surface area contributed by atoms with Crippen molar-refractivity contribution in [2.45, 2.75) is 302 Å². The Bertz CT molecular complexity index is 897. The van der Waals surface area contributed by atoms with E-state index >= 15 is 0 Å². The Morgan fingerprint density at radius 3 is 0.983 bits per heavy atom.